The van der Waals surface area contributed by atoms with Crippen molar-refractivity contribution in [2.24, 2.45) is 0 Å². The van der Waals surface area contributed by atoms with E-state index in [2.05, 4.69) is 66.8 Å². The van der Waals surface area contributed by atoms with Crippen molar-refractivity contribution in [3.63, 3.8) is 0 Å². The van der Waals surface area contributed by atoms with E-state index in [0.717, 1.165) is 19.5 Å². The van der Waals surface area contributed by atoms with E-state index in [1.165, 1.54) is 29.5 Å². The van der Waals surface area contributed by atoms with Crippen molar-refractivity contribution in [2.45, 2.75) is 31.6 Å². The number of hydrogen-bond donors (Lipinski definition) is 1. The summed E-state index contributed by atoms with van der Waals surface area (Å²) in [4.78, 5) is 0. The highest BCUT2D eigenvalue weighted by molar-refractivity contribution is 5.45. The van der Waals surface area contributed by atoms with E-state index < -0.39 is 0 Å². The van der Waals surface area contributed by atoms with Gasteiger partial charge in [0.1, 0.15) is 0 Å². The number of hydrogen-bond acceptors (Lipinski definition) is 1. The summed E-state index contributed by atoms with van der Waals surface area (Å²) in [5.41, 5.74) is 4.61. The van der Waals surface area contributed by atoms with E-state index >= 15 is 0 Å². The standard InChI is InChI=1S/C19H23N/c1-2-13-19(17-9-4-3-5-10-17)15-20-14-12-16-8-6-7-11-18(16)19/h3-11,20H,2,12-15H2,1H3. The maximum Gasteiger partial charge on any atom is 0.0329 e. The van der Waals surface area contributed by atoms with Gasteiger partial charge in [0.05, 0.1) is 0 Å². The average Bonchev–Trinajstić information content (AvgIpc) is 2.70. The SMILES string of the molecule is CCCC1(c2ccccc2)CNCCc2ccccc21. The van der Waals surface area contributed by atoms with Crippen LogP contribution >= 0.6 is 0 Å². The van der Waals surface area contributed by atoms with Gasteiger partial charge in [0.2, 0.25) is 0 Å². The summed E-state index contributed by atoms with van der Waals surface area (Å²) < 4.78 is 0. The van der Waals surface area contributed by atoms with Crippen LogP contribution in [-0.4, -0.2) is 13.1 Å². The first kappa shape index (κ1) is 13.4. The Labute approximate surface area is 122 Å². The quantitative estimate of drug-likeness (QED) is 0.887. The molecule has 20 heavy (non-hydrogen) atoms. The fraction of sp³-hybridized carbons (Fsp3) is 0.368. The monoisotopic (exact) mass is 265 g/mol. The molecule has 1 nitrogen and oxygen atoms in total. The normalized spacial score (nSPS) is 22.1. The maximum atomic E-state index is 3.67. The summed E-state index contributed by atoms with van der Waals surface area (Å²) in [6.45, 7) is 4.41. The second kappa shape index (κ2) is 5.80. The third kappa shape index (κ3) is 2.27. The lowest BCUT2D eigenvalue weighted by atomic mass is 9.70. The summed E-state index contributed by atoms with van der Waals surface area (Å²) in [5, 5.41) is 3.67. The Morgan fingerprint density at radius 3 is 2.55 bits per heavy atom. The van der Waals surface area contributed by atoms with Crippen LogP contribution in [-0.2, 0) is 11.8 Å². The molecular weight excluding hydrogens is 242 g/mol. The van der Waals surface area contributed by atoms with E-state index in [-0.39, 0.29) is 5.41 Å². The summed E-state index contributed by atoms with van der Waals surface area (Å²) in [5.74, 6) is 0. The molecular formula is C19H23N. The first-order valence-corrected chi connectivity index (χ1v) is 7.71. The molecule has 0 radical (unpaired) electrons. The van der Waals surface area contributed by atoms with Crippen LogP contribution in [0.15, 0.2) is 54.6 Å². The Kier molecular flexibility index (Phi) is 3.88. The van der Waals surface area contributed by atoms with Gasteiger partial charge in [-0.25, -0.2) is 0 Å². The van der Waals surface area contributed by atoms with E-state index in [1.807, 2.05) is 0 Å². The van der Waals surface area contributed by atoms with Crippen LogP contribution in [0.2, 0.25) is 0 Å². The van der Waals surface area contributed by atoms with Crippen molar-refractivity contribution in [1.29, 1.82) is 0 Å². The molecule has 0 aliphatic carbocycles. The third-order valence-electron chi connectivity index (χ3n) is 4.53. The van der Waals surface area contributed by atoms with Crippen LogP contribution in [0.4, 0.5) is 0 Å². The molecule has 0 amide bonds. The minimum absolute atomic E-state index is 0.128. The van der Waals surface area contributed by atoms with E-state index in [0.29, 0.717) is 0 Å². The number of benzene rings is 2. The second-order valence-corrected chi connectivity index (χ2v) is 5.78. The predicted octanol–water partition coefficient (Wildman–Crippen LogP) is 3.92. The molecule has 1 aliphatic rings. The summed E-state index contributed by atoms with van der Waals surface area (Å²) >= 11 is 0. The number of rotatable bonds is 3. The fourth-order valence-corrected chi connectivity index (χ4v) is 3.63. The molecule has 2 aromatic rings. The second-order valence-electron chi connectivity index (χ2n) is 5.78. The van der Waals surface area contributed by atoms with Crippen LogP contribution in [0.5, 0.6) is 0 Å². The molecule has 1 heteroatoms. The minimum Gasteiger partial charge on any atom is -0.315 e. The molecule has 0 bridgehead atoms. The lowest BCUT2D eigenvalue weighted by Gasteiger charge is -2.35. The first-order valence-electron chi connectivity index (χ1n) is 7.71. The molecule has 0 aromatic heterocycles. The lowest BCUT2D eigenvalue weighted by molar-refractivity contribution is 0.441. The highest BCUT2D eigenvalue weighted by atomic mass is 14.9. The molecule has 1 unspecified atom stereocenters. The van der Waals surface area contributed by atoms with Gasteiger partial charge in [0.15, 0.2) is 0 Å². The zero-order chi connectivity index (χ0) is 13.8. The Morgan fingerprint density at radius 1 is 1.00 bits per heavy atom. The summed E-state index contributed by atoms with van der Waals surface area (Å²) in [6.07, 6.45) is 3.53. The van der Waals surface area contributed by atoms with Crippen LogP contribution in [0, 0.1) is 0 Å². The summed E-state index contributed by atoms with van der Waals surface area (Å²) in [6, 6.07) is 20.0. The largest absolute Gasteiger partial charge is 0.315 e. The Bertz CT molecular complexity index is 561. The van der Waals surface area contributed by atoms with Gasteiger partial charge in [-0.3, -0.25) is 0 Å². The number of fused-ring (bicyclic) bond motifs is 1. The molecule has 1 heterocycles. The van der Waals surface area contributed by atoms with Gasteiger partial charge in [0.25, 0.3) is 0 Å². The van der Waals surface area contributed by atoms with Gasteiger partial charge in [-0.05, 0) is 36.1 Å². The molecule has 1 N–H and O–H groups in total. The molecule has 2 aromatic carbocycles. The van der Waals surface area contributed by atoms with Crippen molar-refractivity contribution in [2.75, 3.05) is 13.1 Å². The Morgan fingerprint density at radius 2 is 1.75 bits per heavy atom. The molecule has 1 atom stereocenters. The molecule has 0 spiro atoms. The number of nitrogens with one attached hydrogen (secondary N) is 1. The van der Waals surface area contributed by atoms with Crippen molar-refractivity contribution < 1.29 is 0 Å². The summed E-state index contributed by atoms with van der Waals surface area (Å²) in [7, 11) is 0. The third-order valence-corrected chi connectivity index (χ3v) is 4.53. The Balaban J connectivity index is 2.19. The van der Waals surface area contributed by atoms with E-state index in [1.54, 1.807) is 0 Å². The molecule has 3 rings (SSSR count). The van der Waals surface area contributed by atoms with Gasteiger partial charge < -0.3 is 5.32 Å². The zero-order valence-corrected chi connectivity index (χ0v) is 12.2. The van der Waals surface area contributed by atoms with Crippen LogP contribution in [0.1, 0.15) is 36.5 Å². The maximum absolute atomic E-state index is 3.67. The topological polar surface area (TPSA) is 12.0 Å². The predicted molar refractivity (Wildman–Crippen MR) is 85.1 cm³/mol. The molecule has 0 fully saturated rings. The van der Waals surface area contributed by atoms with Crippen molar-refractivity contribution >= 4 is 0 Å². The molecule has 1 aliphatic heterocycles. The molecule has 0 saturated heterocycles. The van der Waals surface area contributed by atoms with Crippen LogP contribution in [0.25, 0.3) is 0 Å². The van der Waals surface area contributed by atoms with Gasteiger partial charge in [-0.2, -0.15) is 0 Å². The smallest absolute Gasteiger partial charge is 0.0329 e. The van der Waals surface area contributed by atoms with Crippen LogP contribution in [0.3, 0.4) is 0 Å². The average molecular weight is 265 g/mol. The van der Waals surface area contributed by atoms with Gasteiger partial charge in [-0.15, -0.1) is 0 Å². The van der Waals surface area contributed by atoms with Crippen LogP contribution < -0.4 is 5.32 Å². The van der Waals surface area contributed by atoms with E-state index in [9.17, 15) is 0 Å². The first-order chi connectivity index (χ1) is 9.87. The molecule has 104 valence electrons. The van der Waals surface area contributed by atoms with Crippen molar-refractivity contribution in [1.82, 2.24) is 5.32 Å². The molecule has 0 saturated carbocycles. The van der Waals surface area contributed by atoms with Gasteiger partial charge >= 0.3 is 0 Å². The van der Waals surface area contributed by atoms with Gasteiger partial charge in [0, 0.05) is 12.0 Å². The highest BCUT2D eigenvalue weighted by Crippen LogP contribution is 2.39. The minimum atomic E-state index is 0.128. The van der Waals surface area contributed by atoms with Crippen molar-refractivity contribution in [3.05, 3.63) is 71.3 Å². The van der Waals surface area contributed by atoms with Crippen molar-refractivity contribution in [3.8, 4) is 0 Å². The highest BCUT2D eigenvalue weighted by Gasteiger charge is 2.35. The van der Waals surface area contributed by atoms with Gasteiger partial charge in [-0.1, -0.05) is 67.9 Å². The fourth-order valence-electron chi connectivity index (χ4n) is 3.63. The Hall–Kier alpha value is -1.60. The zero-order valence-electron chi connectivity index (χ0n) is 12.2. The lowest BCUT2D eigenvalue weighted by Crippen LogP contribution is -2.38. The van der Waals surface area contributed by atoms with E-state index in [4.69, 9.17) is 0 Å².